The topological polar surface area (TPSA) is 68.2 Å². The first-order valence-corrected chi connectivity index (χ1v) is 9.56. The Balaban J connectivity index is 1.57. The van der Waals surface area contributed by atoms with Gasteiger partial charge in [-0.05, 0) is 68.7 Å². The number of nitrogens with one attached hydrogen (secondary N) is 2. The minimum atomic E-state index is -0.416. The predicted molar refractivity (Wildman–Crippen MR) is 110 cm³/mol. The molecule has 1 aliphatic rings. The van der Waals surface area contributed by atoms with E-state index in [2.05, 4.69) is 27.7 Å². The second-order valence-corrected chi connectivity index (χ2v) is 7.16. The van der Waals surface area contributed by atoms with Gasteiger partial charge in [0.1, 0.15) is 12.1 Å². The van der Waals surface area contributed by atoms with E-state index in [1.165, 1.54) is 24.9 Å². The van der Waals surface area contributed by atoms with Crippen LogP contribution in [0.25, 0.3) is 0 Å². The van der Waals surface area contributed by atoms with Crippen LogP contribution in [0.3, 0.4) is 0 Å². The molecule has 1 aliphatic heterocycles. The molecule has 2 aromatic carbocycles. The molecule has 0 unspecified atom stereocenters. The summed E-state index contributed by atoms with van der Waals surface area (Å²) in [5, 5.41) is 15.3. The predicted octanol–water partition coefficient (Wildman–Crippen LogP) is 4.64. The number of benzene rings is 2. The lowest BCUT2D eigenvalue weighted by atomic mass is 10.1. The summed E-state index contributed by atoms with van der Waals surface area (Å²) in [5.41, 5.74) is 3.08. The van der Waals surface area contributed by atoms with E-state index in [4.69, 9.17) is 16.9 Å². The number of carbonyl (C=O) groups excluding carboxylic acids is 1. The molecule has 1 atom stereocenters. The van der Waals surface area contributed by atoms with Crippen LogP contribution in [0.1, 0.15) is 31.7 Å². The second-order valence-electron chi connectivity index (χ2n) is 6.76. The summed E-state index contributed by atoms with van der Waals surface area (Å²) in [5.74, 6) is -0.170. The number of nitriles is 1. The van der Waals surface area contributed by atoms with Crippen LogP contribution in [0.15, 0.2) is 42.5 Å². The second kappa shape index (κ2) is 8.79. The summed E-state index contributed by atoms with van der Waals surface area (Å²) in [6, 6.07) is 14.6. The smallest absolute Gasteiger partial charge is 0.246 e. The number of anilines is 3. The maximum absolute atomic E-state index is 12.4. The molecule has 2 aromatic rings. The van der Waals surface area contributed by atoms with Crippen molar-refractivity contribution in [3.8, 4) is 6.07 Å². The number of rotatable bonds is 5. The van der Waals surface area contributed by atoms with Crippen LogP contribution >= 0.6 is 11.6 Å². The number of amides is 1. The highest BCUT2D eigenvalue weighted by molar-refractivity contribution is 6.32. The summed E-state index contributed by atoms with van der Waals surface area (Å²) in [4.78, 5) is 14.8. The van der Waals surface area contributed by atoms with Gasteiger partial charge in [-0.1, -0.05) is 11.6 Å². The Morgan fingerprint density at radius 1 is 1.11 bits per heavy atom. The third kappa shape index (κ3) is 4.93. The Morgan fingerprint density at radius 3 is 2.41 bits per heavy atom. The maximum atomic E-state index is 12.4. The summed E-state index contributed by atoms with van der Waals surface area (Å²) in [6.07, 6.45) is 3.81. The van der Waals surface area contributed by atoms with Crippen molar-refractivity contribution in [2.24, 2.45) is 0 Å². The molecular weight excluding hydrogens is 360 g/mol. The van der Waals surface area contributed by atoms with E-state index in [1.54, 1.807) is 25.1 Å². The van der Waals surface area contributed by atoms with E-state index in [9.17, 15) is 4.79 Å². The van der Waals surface area contributed by atoms with Gasteiger partial charge < -0.3 is 15.5 Å². The number of hydrogen-bond donors (Lipinski definition) is 2. The molecule has 1 heterocycles. The Hall–Kier alpha value is -2.71. The lowest BCUT2D eigenvalue weighted by molar-refractivity contribution is -0.116. The quantitative estimate of drug-likeness (QED) is 0.790. The van der Waals surface area contributed by atoms with Crippen LogP contribution in [0.4, 0.5) is 17.1 Å². The number of piperidine rings is 1. The van der Waals surface area contributed by atoms with Crippen molar-refractivity contribution in [3.63, 3.8) is 0 Å². The van der Waals surface area contributed by atoms with Gasteiger partial charge in [-0.15, -0.1) is 0 Å². The van der Waals surface area contributed by atoms with Gasteiger partial charge in [0, 0.05) is 30.2 Å². The van der Waals surface area contributed by atoms with Crippen molar-refractivity contribution < 1.29 is 4.79 Å². The van der Waals surface area contributed by atoms with Gasteiger partial charge >= 0.3 is 0 Å². The van der Waals surface area contributed by atoms with Crippen LogP contribution in [-0.4, -0.2) is 25.0 Å². The van der Waals surface area contributed by atoms with Crippen molar-refractivity contribution in [3.05, 3.63) is 53.1 Å². The summed E-state index contributed by atoms with van der Waals surface area (Å²) >= 11 is 6.01. The molecule has 5 nitrogen and oxygen atoms in total. The fourth-order valence-corrected chi connectivity index (χ4v) is 3.39. The van der Waals surface area contributed by atoms with Gasteiger partial charge in [0.2, 0.25) is 5.91 Å². The fourth-order valence-electron chi connectivity index (χ4n) is 3.17. The zero-order valence-corrected chi connectivity index (χ0v) is 16.1. The van der Waals surface area contributed by atoms with Crippen molar-refractivity contribution in [2.75, 3.05) is 28.6 Å². The van der Waals surface area contributed by atoms with Crippen molar-refractivity contribution in [1.29, 1.82) is 5.26 Å². The molecule has 0 aromatic heterocycles. The van der Waals surface area contributed by atoms with Gasteiger partial charge in [0.15, 0.2) is 0 Å². The molecule has 1 saturated heterocycles. The zero-order chi connectivity index (χ0) is 19.2. The number of nitrogens with zero attached hydrogens (tertiary/aromatic N) is 2. The van der Waals surface area contributed by atoms with E-state index >= 15 is 0 Å². The first-order valence-electron chi connectivity index (χ1n) is 9.19. The van der Waals surface area contributed by atoms with Crippen molar-refractivity contribution in [2.45, 2.75) is 32.2 Å². The summed E-state index contributed by atoms with van der Waals surface area (Å²) in [6.45, 7) is 4.02. The van der Waals surface area contributed by atoms with Crippen LogP contribution in [0.5, 0.6) is 0 Å². The fraction of sp³-hybridized carbons (Fsp3) is 0.333. The molecule has 1 amide bonds. The Morgan fingerprint density at radius 2 is 1.78 bits per heavy atom. The highest BCUT2D eigenvalue weighted by atomic mass is 35.5. The highest BCUT2D eigenvalue weighted by Crippen LogP contribution is 2.23. The molecule has 27 heavy (non-hydrogen) atoms. The number of hydrogen-bond acceptors (Lipinski definition) is 4. The van der Waals surface area contributed by atoms with Crippen LogP contribution in [-0.2, 0) is 4.79 Å². The van der Waals surface area contributed by atoms with E-state index < -0.39 is 6.04 Å². The van der Waals surface area contributed by atoms with Gasteiger partial charge in [0.05, 0.1) is 10.6 Å². The monoisotopic (exact) mass is 382 g/mol. The first-order chi connectivity index (χ1) is 13.1. The largest absolute Gasteiger partial charge is 0.374 e. The normalized spacial score (nSPS) is 14.9. The van der Waals surface area contributed by atoms with Gasteiger partial charge in [0.25, 0.3) is 0 Å². The van der Waals surface area contributed by atoms with E-state index in [-0.39, 0.29) is 5.91 Å². The molecule has 0 aliphatic carbocycles. The lowest BCUT2D eigenvalue weighted by Gasteiger charge is -2.29. The van der Waals surface area contributed by atoms with E-state index in [1.807, 2.05) is 18.2 Å². The molecular formula is C21H23ClN4O. The molecule has 0 saturated carbocycles. The van der Waals surface area contributed by atoms with Crippen molar-refractivity contribution in [1.82, 2.24) is 0 Å². The van der Waals surface area contributed by atoms with Gasteiger partial charge in [-0.25, -0.2) is 0 Å². The molecule has 0 radical (unpaired) electrons. The number of carbonyl (C=O) groups is 1. The zero-order valence-electron chi connectivity index (χ0n) is 15.3. The van der Waals surface area contributed by atoms with Crippen LogP contribution in [0, 0.1) is 11.3 Å². The Bertz CT molecular complexity index is 838. The lowest BCUT2D eigenvalue weighted by Crippen LogP contribution is -2.32. The maximum Gasteiger partial charge on any atom is 0.246 e. The van der Waals surface area contributed by atoms with Gasteiger partial charge in [-0.3, -0.25) is 4.79 Å². The molecule has 0 bridgehead atoms. The Labute approximate surface area is 164 Å². The molecule has 140 valence electrons. The minimum absolute atomic E-state index is 0.170. The van der Waals surface area contributed by atoms with E-state index in [0.717, 1.165) is 18.8 Å². The molecule has 1 fully saturated rings. The third-order valence-corrected chi connectivity index (χ3v) is 5.03. The average Bonchev–Trinajstić information content (AvgIpc) is 2.69. The van der Waals surface area contributed by atoms with Crippen LogP contribution in [0.2, 0.25) is 5.02 Å². The van der Waals surface area contributed by atoms with Crippen LogP contribution < -0.4 is 15.5 Å². The highest BCUT2D eigenvalue weighted by Gasteiger charge is 2.15. The first kappa shape index (κ1) is 19.1. The molecule has 2 N–H and O–H groups in total. The Kier molecular flexibility index (Phi) is 6.20. The summed E-state index contributed by atoms with van der Waals surface area (Å²) < 4.78 is 0. The molecule has 6 heteroatoms. The average molecular weight is 383 g/mol. The number of halogens is 1. The van der Waals surface area contributed by atoms with Gasteiger partial charge in [-0.2, -0.15) is 5.26 Å². The SMILES string of the molecule is C[C@H](Nc1ccc(N2CCCCC2)cc1)C(=O)Nc1ccc(C#N)c(Cl)c1. The summed E-state index contributed by atoms with van der Waals surface area (Å²) in [7, 11) is 0. The van der Waals surface area contributed by atoms with E-state index in [0.29, 0.717) is 16.3 Å². The molecule has 0 spiro atoms. The standard InChI is InChI=1S/C21H23ClN4O/c1-15(21(27)25-18-6-5-16(14-23)20(22)13-18)24-17-7-9-19(10-8-17)26-11-3-2-4-12-26/h5-10,13,15,24H,2-4,11-12H2,1H3,(H,25,27)/t15-/m0/s1. The van der Waals surface area contributed by atoms with Crippen molar-refractivity contribution >= 4 is 34.6 Å². The minimum Gasteiger partial charge on any atom is -0.374 e. The molecule has 3 rings (SSSR count). The third-order valence-electron chi connectivity index (χ3n) is 4.72.